The molecule has 1 atom stereocenters. The van der Waals surface area contributed by atoms with Gasteiger partial charge in [-0.1, -0.05) is 33.1 Å². The normalized spacial score (nSPS) is 12.1. The number of aliphatic hydroxyl groups is 1. The maximum absolute atomic E-state index is 15.2. The van der Waals surface area contributed by atoms with E-state index in [2.05, 4.69) is 26.9 Å². The number of aromatic nitrogens is 4. The molecule has 4 aromatic rings. The molecule has 11 heteroatoms. The minimum absolute atomic E-state index is 0.215. The maximum atomic E-state index is 15.2. The molecule has 0 spiro atoms. The molecule has 1 N–H and O–H groups in total. The predicted octanol–water partition coefficient (Wildman–Crippen LogP) is 2.61. The number of rotatable bonds is 5. The van der Waals surface area contributed by atoms with Gasteiger partial charge in [-0.15, -0.1) is 0 Å². The molecule has 0 saturated carbocycles. The number of ether oxygens (including phenoxy) is 1. The van der Waals surface area contributed by atoms with Crippen molar-refractivity contribution in [2.75, 3.05) is 11.6 Å². The summed E-state index contributed by atoms with van der Waals surface area (Å²) in [6.45, 7) is 1.53. The van der Waals surface area contributed by atoms with Crippen LogP contribution in [0.1, 0.15) is 12.6 Å². The summed E-state index contributed by atoms with van der Waals surface area (Å²) in [5.41, 5.74) is 1.24. The smallest absolute Gasteiger partial charge is 0.290 e. The van der Waals surface area contributed by atoms with Gasteiger partial charge in [-0.2, -0.15) is 13.5 Å². The summed E-state index contributed by atoms with van der Waals surface area (Å²) in [5, 5.41) is 13.9. The number of imidazole rings is 1. The number of methoxy groups -OCH3 is 1. The van der Waals surface area contributed by atoms with E-state index in [1.165, 1.54) is 61.3 Å². The molecule has 4 rings (SSSR count). The Morgan fingerprint density at radius 3 is 2.61 bits per heavy atom. The topological polar surface area (TPSA) is 110 Å². The minimum Gasteiger partial charge on any atom is -0.479 e. The lowest BCUT2D eigenvalue weighted by Crippen LogP contribution is -2.23. The summed E-state index contributed by atoms with van der Waals surface area (Å²) in [4.78, 5) is 8.04. The van der Waals surface area contributed by atoms with E-state index >= 15 is 4.48 Å². The fraction of sp³-hybridized carbons (Fsp3) is 0.136. The number of sulfonamides is 1. The number of nitrogens with zero attached hydrogens (tertiary/aromatic N) is 5. The molecule has 0 amide bonds. The van der Waals surface area contributed by atoms with Crippen LogP contribution in [0.15, 0.2) is 65.8 Å². The van der Waals surface area contributed by atoms with Crippen molar-refractivity contribution in [2.45, 2.75) is 17.9 Å². The summed E-state index contributed by atoms with van der Waals surface area (Å²) >= 11 is 0. The van der Waals surface area contributed by atoms with Gasteiger partial charge in [0.25, 0.3) is 10.0 Å². The first kappa shape index (κ1) is 22.2. The number of halogens is 1. The monoisotopic (exact) mass is 467 g/mol. The Kier molecular flexibility index (Phi) is 5.95. The second kappa shape index (κ2) is 8.85. The first-order chi connectivity index (χ1) is 15.8. The van der Waals surface area contributed by atoms with Crippen LogP contribution in [-0.2, 0) is 10.0 Å². The lowest BCUT2D eigenvalue weighted by Gasteiger charge is -2.17. The van der Waals surface area contributed by atoms with Gasteiger partial charge in [-0.05, 0) is 43.2 Å². The summed E-state index contributed by atoms with van der Waals surface area (Å²) < 4.78 is 46.9. The fourth-order valence-corrected chi connectivity index (χ4v) is 4.05. The highest BCUT2D eigenvalue weighted by molar-refractivity contribution is 7.92. The van der Waals surface area contributed by atoms with Crippen LogP contribution in [0.4, 0.5) is 10.2 Å². The van der Waals surface area contributed by atoms with E-state index in [-0.39, 0.29) is 15.3 Å². The molecule has 1 unspecified atom stereocenters. The Morgan fingerprint density at radius 2 is 1.91 bits per heavy atom. The summed E-state index contributed by atoms with van der Waals surface area (Å²) in [6, 6.07) is 11.8. The van der Waals surface area contributed by atoms with Crippen LogP contribution in [0, 0.1) is 11.8 Å². The van der Waals surface area contributed by atoms with Crippen LogP contribution in [0.5, 0.6) is 5.88 Å². The Bertz CT molecular complexity index is 1480. The highest BCUT2D eigenvalue weighted by Gasteiger charge is 2.29. The van der Waals surface area contributed by atoms with E-state index in [9.17, 15) is 13.5 Å². The molecule has 0 aliphatic heterocycles. The fourth-order valence-electron chi connectivity index (χ4n) is 2.97. The molecule has 33 heavy (non-hydrogen) atoms. The number of benzene rings is 1. The van der Waals surface area contributed by atoms with Gasteiger partial charge in [0.15, 0.2) is 5.65 Å². The summed E-state index contributed by atoms with van der Waals surface area (Å²) in [6.07, 6.45) is 2.07. The van der Waals surface area contributed by atoms with Gasteiger partial charge < -0.3 is 9.84 Å². The third-order valence-electron chi connectivity index (χ3n) is 4.53. The number of hydrogen-bond donors (Lipinski definition) is 1. The van der Waals surface area contributed by atoms with E-state index in [4.69, 9.17) is 4.74 Å². The van der Waals surface area contributed by atoms with Crippen LogP contribution in [0.3, 0.4) is 0 Å². The quantitative estimate of drug-likeness (QED) is 0.355. The maximum Gasteiger partial charge on any atom is 0.290 e. The third-order valence-corrected chi connectivity index (χ3v) is 6.02. The SMILES string of the molecule is COc1ncc(-c2ccc3ncc(C#CC(C)O)n3n2)cc1N(F)S(=O)(=O)c1ccccc1. The standard InChI is InChI=1S/C22H18FN5O4S/c1-15(29)8-9-17-14-24-21-11-10-19(26-27(17)21)16-12-20(22(32-2)25-13-16)28(23)33(30,31)18-6-4-3-5-7-18/h3-7,10-15,29H,1-2H3. The number of fused-ring (bicyclic) bond motifs is 1. The molecular formula is C22H18FN5O4S. The molecule has 9 nitrogen and oxygen atoms in total. The Hall–Kier alpha value is -4.01. The van der Waals surface area contributed by atoms with Gasteiger partial charge in [0.1, 0.15) is 17.5 Å². The molecular weight excluding hydrogens is 449 g/mol. The molecule has 3 heterocycles. The lowest BCUT2D eigenvalue weighted by molar-refractivity contribution is 0.253. The van der Waals surface area contributed by atoms with E-state index in [1.807, 2.05) is 0 Å². The van der Waals surface area contributed by atoms with Gasteiger partial charge in [0.2, 0.25) is 5.88 Å². The van der Waals surface area contributed by atoms with E-state index in [0.29, 0.717) is 22.6 Å². The molecule has 0 aliphatic carbocycles. The van der Waals surface area contributed by atoms with Crippen molar-refractivity contribution >= 4 is 21.4 Å². The molecule has 168 valence electrons. The van der Waals surface area contributed by atoms with Crippen LogP contribution < -0.4 is 9.26 Å². The molecule has 0 bridgehead atoms. The molecule has 3 aromatic heterocycles. The zero-order valence-electron chi connectivity index (χ0n) is 17.5. The van der Waals surface area contributed by atoms with Crippen molar-refractivity contribution in [1.82, 2.24) is 19.6 Å². The Labute approximate surface area is 189 Å². The van der Waals surface area contributed by atoms with Crippen molar-refractivity contribution in [2.24, 2.45) is 0 Å². The minimum atomic E-state index is -4.50. The average molecular weight is 467 g/mol. The largest absolute Gasteiger partial charge is 0.479 e. The van der Waals surface area contributed by atoms with Gasteiger partial charge in [-0.25, -0.2) is 14.5 Å². The number of hydrogen-bond acceptors (Lipinski definition) is 7. The van der Waals surface area contributed by atoms with Crippen LogP contribution in [-0.4, -0.2) is 46.3 Å². The molecule has 0 aliphatic rings. The molecule has 0 fully saturated rings. The third kappa shape index (κ3) is 4.34. The van der Waals surface area contributed by atoms with Gasteiger partial charge in [0.05, 0.1) is 23.9 Å². The van der Waals surface area contributed by atoms with Crippen LogP contribution in [0.2, 0.25) is 0 Å². The van der Waals surface area contributed by atoms with Crippen molar-refractivity contribution < 1.29 is 22.7 Å². The van der Waals surface area contributed by atoms with Crippen molar-refractivity contribution in [3.05, 3.63) is 66.6 Å². The lowest BCUT2D eigenvalue weighted by atomic mass is 10.2. The van der Waals surface area contributed by atoms with Crippen LogP contribution in [0.25, 0.3) is 16.9 Å². The summed E-state index contributed by atoms with van der Waals surface area (Å²) in [5.74, 6) is 5.20. The molecule has 0 radical (unpaired) electrons. The summed E-state index contributed by atoms with van der Waals surface area (Å²) in [7, 11) is -3.24. The highest BCUT2D eigenvalue weighted by atomic mass is 32.2. The zero-order valence-corrected chi connectivity index (χ0v) is 18.4. The molecule has 1 aromatic carbocycles. The molecule has 0 saturated heterocycles. The van der Waals surface area contributed by atoms with E-state index in [1.54, 1.807) is 18.2 Å². The Balaban J connectivity index is 1.79. The Morgan fingerprint density at radius 1 is 1.15 bits per heavy atom. The van der Waals surface area contributed by atoms with Crippen molar-refractivity contribution in [3.63, 3.8) is 0 Å². The second-order valence-corrected chi connectivity index (χ2v) is 8.60. The number of pyridine rings is 1. The first-order valence-corrected chi connectivity index (χ1v) is 11.1. The van der Waals surface area contributed by atoms with Gasteiger partial charge in [-0.3, -0.25) is 0 Å². The number of aliphatic hydroxyl groups excluding tert-OH is 1. The second-order valence-electron chi connectivity index (χ2n) is 6.86. The van der Waals surface area contributed by atoms with Crippen LogP contribution >= 0.6 is 0 Å². The zero-order chi connectivity index (χ0) is 23.6. The van der Waals surface area contributed by atoms with E-state index in [0.717, 1.165) is 0 Å². The highest BCUT2D eigenvalue weighted by Crippen LogP contribution is 2.34. The van der Waals surface area contributed by atoms with Gasteiger partial charge >= 0.3 is 0 Å². The average Bonchev–Trinajstić information content (AvgIpc) is 3.24. The van der Waals surface area contributed by atoms with E-state index < -0.39 is 21.8 Å². The van der Waals surface area contributed by atoms with Gasteiger partial charge in [0, 0.05) is 11.8 Å². The van der Waals surface area contributed by atoms with Crippen molar-refractivity contribution in [1.29, 1.82) is 0 Å². The number of anilines is 1. The first-order valence-electron chi connectivity index (χ1n) is 9.66. The predicted molar refractivity (Wildman–Crippen MR) is 119 cm³/mol. The van der Waals surface area contributed by atoms with Crippen molar-refractivity contribution in [3.8, 4) is 29.0 Å².